The fraction of sp³-hybridized carbons (Fsp3) is 0.643. The van der Waals surface area contributed by atoms with E-state index in [0.717, 1.165) is 12.2 Å². The summed E-state index contributed by atoms with van der Waals surface area (Å²) in [6, 6.07) is -0.347. The van der Waals surface area contributed by atoms with Crippen LogP contribution in [0.4, 0.5) is 0 Å². The largest absolute Gasteiger partial charge is 0.466 e. The third-order valence-electron chi connectivity index (χ3n) is 3.55. The lowest BCUT2D eigenvalue weighted by Crippen LogP contribution is -2.48. The highest BCUT2D eigenvalue weighted by Crippen LogP contribution is 2.14. The Kier molecular flexibility index (Phi) is 5.91. The highest BCUT2D eigenvalue weighted by Gasteiger charge is 2.34. The van der Waals surface area contributed by atoms with Crippen molar-refractivity contribution >= 4 is 17.8 Å². The van der Waals surface area contributed by atoms with E-state index in [1.165, 1.54) is 7.11 Å². The number of nitrogens with one attached hydrogen (secondary N) is 1. The van der Waals surface area contributed by atoms with Crippen molar-refractivity contribution in [3.63, 3.8) is 0 Å². The van der Waals surface area contributed by atoms with Crippen molar-refractivity contribution in [2.24, 2.45) is 0 Å². The van der Waals surface area contributed by atoms with E-state index in [-0.39, 0.29) is 18.1 Å². The maximum absolute atomic E-state index is 12.3. The van der Waals surface area contributed by atoms with Gasteiger partial charge in [-0.2, -0.15) is 0 Å². The zero-order chi connectivity index (χ0) is 15.9. The Morgan fingerprint density at radius 2 is 1.86 bits per heavy atom. The molecule has 0 aromatic carbocycles. The number of ether oxygens (including phenoxy) is 3. The van der Waals surface area contributed by atoms with Gasteiger partial charge < -0.3 is 24.4 Å². The Balaban J connectivity index is 1.77. The number of carbonyl (C=O) groups excluding carboxylic acids is 3. The number of amides is 1. The Morgan fingerprint density at radius 3 is 2.55 bits per heavy atom. The van der Waals surface area contributed by atoms with Gasteiger partial charge in [0.1, 0.15) is 6.10 Å². The molecule has 0 aromatic rings. The highest BCUT2D eigenvalue weighted by molar-refractivity contribution is 5.91. The van der Waals surface area contributed by atoms with Crippen molar-refractivity contribution in [3.8, 4) is 0 Å². The first kappa shape index (κ1) is 16.4. The van der Waals surface area contributed by atoms with Gasteiger partial charge in [-0.15, -0.1) is 0 Å². The zero-order valence-electron chi connectivity index (χ0n) is 12.4. The summed E-state index contributed by atoms with van der Waals surface area (Å²) in [7, 11) is 1.22. The first-order chi connectivity index (χ1) is 10.6. The minimum absolute atomic E-state index is 0.00644. The molecular formula is C14H20N2O6. The molecule has 0 bridgehead atoms. The molecule has 1 amide bonds. The van der Waals surface area contributed by atoms with Gasteiger partial charge in [-0.05, 0) is 0 Å². The van der Waals surface area contributed by atoms with Gasteiger partial charge in [-0.25, -0.2) is 9.59 Å². The first-order valence-electron chi connectivity index (χ1n) is 7.16. The molecule has 2 aliphatic heterocycles. The average molecular weight is 312 g/mol. The van der Waals surface area contributed by atoms with Crippen molar-refractivity contribution in [1.29, 1.82) is 0 Å². The monoisotopic (exact) mass is 312 g/mol. The van der Waals surface area contributed by atoms with E-state index < -0.39 is 11.9 Å². The Bertz CT molecular complexity index is 458. The van der Waals surface area contributed by atoms with Crippen LogP contribution in [0.2, 0.25) is 0 Å². The van der Waals surface area contributed by atoms with Gasteiger partial charge >= 0.3 is 11.9 Å². The van der Waals surface area contributed by atoms with Gasteiger partial charge in [0.05, 0.1) is 26.4 Å². The molecular weight excluding hydrogens is 292 g/mol. The molecule has 8 heteroatoms. The molecule has 2 aliphatic rings. The van der Waals surface area contributed by atoms with Gasteiger partial charge in [0, 0.05) is 38.2 Å². The third kappa shape index (κ3) is 4.54. The molecule has 2 saturated heterocycles. The normalized spacial score (nSPS) is 25.2. The number of esters is 2. The summed E-state index contributed by atoms with van der Waals surface area (Å²) in [5.74, 6) is -1.24. The molecule has 0 spiro atoms. The number of carbonyl (C=O) groups is 3. The second kappa shape index (κ2) is 7.90. The van der Waals surface area contributed by atoms with Gasteiger partial charge in [-0.3, -0.25) is 4.79 Å². The molecule has 22 heavy (non-hydrogen) atoms. The lowest BCUT2D eigenvalue weighted by molar-refractivity contribution is -0.144. The molecule has 0 saturated carbocycles. The van der Waals surface area contributed by atoms with Crippen molar-refractivity contribution in [2.75, 3.05) is 40.0 Å². The number of hydrogen-bond acceptors (Lipinski definition) is 7. The summed E-state index contributed by atoms with van der Waals surface area (Å²) in [6.45, 7) is 2.69. The fourth-order valence-electron chi connectivity index (χ4n) is 2.39. The molecule has 2 fully saturated rings. The molecule has 0 aromatic heterocycles. The minimum Gasteiger partial charge on any atom is -0.466 e. The standard InChI is InChI=1S/C14H20N2O6/c1-20-12(17)2-3-13(18)22-10-8-11(15-9-10)14(19)16-4-6-21-7-5-16/h2-3,10-11,15H,4-9H2,1H3/b3-2+/t10-,11+/m1/s1. The summed E-state index contributed by atoms with van der Waals surface area (Å²) in [6.07, 6.45) is 2.06. The highest BCUT2D eigenvalue weighted by atomic mass is 16.5. The molecule has 0 unspecified atom stereocenters. The summed E-state index contributed by atoms with van der Waals surface area (Å²) in [4.78, 5) is 36.5. The molecule has 1 N–H and O–H groups in total. The Hall–Kier alpha value is -1.93. The topological polar surface area (TPSA) is 94.2 Å². The minimum atomic E-state index is -0.628. The Labute approximate surface area is 128 Å². The zero-order valence-corrected chi connectivity index (χ0v) is 12.4. The lowest BCUT2D eigenvalue weighted by Gasteiger charge is -2.29. The molecule has 8 nitrogen and oxygen atoms in total. The van der Waals surface area contributed by atoms with Crippen LogP contribution in [-0.4, -0.2) is 74.8 Å². The van der Waals surface area contributed by atoms with Gasteiger partial charge in [0.25, 0.3) is 0 Å². The van der Waals surface area contributed by atoms with E-state index >= 15 is 0 Å². The summed E-state index contributed by atoms with van der Waals surface area (Å²) in [5, 5.41) is 3.06. The fourth-order valence-corrected chi connectivity index (χ4v) is 2.39. The van der Waals surface area contributed by atoms with Crippen LogP contribution < -0.4 is 5.32 Å². The molecule has 2 heterocycles. The third-order valence-corrected chi connectivity index (χ3v) is 3.55. The number of rotatable bonds is 4. The van der Waals surface area contributed by atoms with Crippen LogP contribution in [0, 0.1) is 0 Å². The van der Waals surface area contributed by atoms with Crippen LogP contribution in [-0.2, 0) is 28.6 Å². The van der Waals surface area contributed by atoms with Gasteiger partial charge in [0.2, 0.25) is 5.91 Å². The number of nitrogens with zero attached hydrogens (tertiary/aromatic N) is 1. The van der Waals surface area contributed by atoms with E-state index in [9.17, 15) is 14.4 Å². The first-order valence-corrected chi connectivity index (χ1v) is 7.16. The second-order valence-electron chi connectivity index (χ2n) is 5.05. The van der Waals surface area contributed by atoms with Crippen LogP contribution in [0.15, 0.2) is 12.2 Å². The summed E-state index contributed by atoms with van der Waals surface area (Å²) >= 11 is 0. The maximum atomic E-state index is 12.3. The molecule has 0 aliphatic carbocycles. The molecule has 2 atom stereocenters. The van der Waals surface area contributed by atoms with Crippen LogP contribution >= 0.6 is 0 Å². The second-order valence-corrected chi connectivity index (χ2v) is 5.05. The van der Waals surface area contributed by atoms with Crippen LogP contribution in [0.25, 0.3) is 0 Å². The van der Waals surface area contributed by atoms with Crippen LogP contribution in [0.5, 0.6) is 0 Å². The van der Waals surface area contributed by atoms with Crippen molar-refractivity contribution in [2.45, 2.75) is 18.6 Å². The van der Waals surface area contributed by atoms with Crippen molar-refractivity contribution in [3.05, 3.63) is 12.2 Å². The smallest absolute Gasteiger partial charge is 0.331 e. The molecule has 0 radical (unpaired) electrons. The quantitative estimate of drug-likeness (QED) is 0.517. The van der Waals surface area contributed by atoms with Gasteiger partial charge in [-0.1, -0.05) is 0 Å². The van der Waals surface area contributed by atoms with Crippen LogP contribution in [0.3, 0.4) is 0 Å². The maximum Gasteiger partial charge on any atom is 0.331 e. The van der Waals surface area contributed by atoms with E-state index in [0.29, 0.717) is 39.3 Å². The van der Waals surface area contributed by atoms with Crippen molar-refractivity contribution < 1.29 is 28.6 Å². The van der Waals surface area contributed by atoms with E-state index in [1.54, 1.807) is 4.90 Å². The SMILES string of the molecule is COC(=O)/C=C/C(=O)O[C@H]1CN[C@H](C(=O)N2CCOCC2)C1. The van der Waals surface area contributed by atoms with Crippen LogP contribution in [0.1, 0.15) is 6.42 Å². The predicted octanol–water partition coefficient (Wildman–Crippen LogP) is -1.15. The lowest BCUT2D eigenvalue weighted by atomic mass is 10.1. The summed E-state index contributed by atoms with van der Waals surface area (Å²) < 4.78 is 14.8. The predicted molar refractivity (Wildman–Crippen MR) is 74.8 cm³/mol. The summed E-state index contributed by atoms with van der Waals surface area (Å²) in [5.41, 5.74) is 0. The number of morpholine rings is 1. The molecule has 122 valence electrons. The average Bonchev–Trinajstić information content (AvgIpc) is 3.01. The van der Waals surface area contributed by atoms with Crippen molar-refractivity contribution in [1.82, 2.24) is 10.2 Å². The van der Waals surface area contributed by atoms with E-state index in [2.05, 4.69) is 10.1 Å². The number of hydrogen-bond donors (Lipinski definition) is 1. The number of methoxy groups -OCH3 is 1. The van der Waals surface area contributed by atoms with E-state index in [4.69, 9.17) is 9.47 Å². The van der Waals surface area contributed by atoms with Gasteiger partial charge in [0.15, 0.2) is 0 Å². The molecule has 2 rings (SSSR count). The Morgan fingerprint density at radius 1 is 1.18 bits per heavy atom. The van der Waals surface area contributed by atoms with E-state index in [1.807, 2.05) is 0 Å².